The molecular weight excluding hydrogens is 375 g/mol. The van der Waals surface area contributed by atoms with Gasteiger partial charge >= 0.3 is 7.82 Å². The summed E-state index contributed by atoms with van der Waals surface area (Å²) in [6, 6.07) is 0. The summed E-state index contributed by atoms with van der Waals surface area (Å²) in [5, 5.41) is 0.166. The Bertz CT molecular complexity index is 326. The third-order valence-corrected chi connectivity index (χ3v) is 5.76. The molecule has 25 heavy (non-hydrogen) atoms. The van der Waals surface area contributed by atoms with E-state index in [2.05, 4.69) is 29.8 Å². The zero-order chi connectivity index (χ0) is 18.8. The lowest BCUT2D eigenvalue weighted by molar-refractivity contribution is 0.194. The molecule has 2 N–H and O–H groups in total. The first-order valence-corrected chi connectivity index (χ1v) is 12.6. The standard InChI is InChI=1S/C18H39O4PS2/c19-23(20,21)22-16-15-18(25)14-12-10-8-6-4-2-1-3-5-7-9-11-13-17-24/h18,24-25H,1-17H2,(H2,19,20,21). The number of hydrogen-bond donors (Lipinski definition) is 4. The first-order valence-electron chi connectivity index (χ1n) is 9.94. The van der Waals surface area contributed by atoms with Gasteiger partial charge in [-0.05, 0) is 25.0 Å². The summed E-state index contributed by atoms with van der Waals surface area (Å²) in [5.41, 5.74) is 0. The van der Waals surface area contributed by atoms with Gasteiger partial charge in [0.1, 0.15) is 0 Å². The van der Waals surface area contributed by atoms with Crippen LogP contribution in [0.3, 0.4) is 0 Å². The van der Waals surface area contributed by atoms with E-state index in [1.54, 1.807) is 0 Å². The van der Waals surface area contributed by atoms with Crippen molar-refractivity contribution in [3.63, 3.8) is 0 Å². The van der Waals surface area contributed by atoms with Crippen LogP contribution in [0.1, 0.15) is 96.3 Å². The zero-order valence-corrected chi connectivity index (χ0v) is 18.3. The van der Waals surface area contributed by atoms with Gasteiger partial charge in [-0.15, -0.1) is 0 Å². The second kappa shape index (κ2) is 18.2. The van der Waals surface area contributed by atoms with E-state index in [1.165, 1.54) is 77.0 Å². The van der Waals surface area contributed by atoms with Gasteiger partial charge in [-0.1, -0.05) is 77.0 Å². The van der Waals surface area contributed by atoms with Gasteiger partial charge in [0.25, 0.3) is 0 Å². The molecule has 1 atom stereocenters. The lowest BCUT2D eigenvalue weighted by atomic mass is 10.0. The molecule has 1 unspecified atom stereocenters. The monoisotopic (exact) mass is 414 g/mol. The Balaban J connectivity index is 3.17. The normalized spacial score (nSPS) is 13.3. The van der Waals surface area contributed by atoms with E-state index in [0.29, 0.717) is 6.42 Å². The topological polar surface area (TPSA) is 66.8 Å². The first-order chi connectivity index (χ1) is 12.0. The predicted octanol–water partition coefficient (Wildman–Crippen LogP) is 6.18. The van der Waals surface area contributed by atoms with E-state index in [-0.39, 0.29) is 11.9 Å². The molecule has 0 aliphatic carbocycles. The lowest BCUT2D eigenvalue weighted by Crippen LogP contribution is -2.04. The van der Waals surface area contributed by atoms with Crippen molar-refractivity contribution >= 4 is 33.1 Å². The van der Waals surface area contributed by atoms with Gasteiger partial charge in [-0.25, -0.2) is 4.57 Å². The van der Waals surface area contributed by atoms with Crippen LogP contribution in [0.5, 0.6) is 0 Å². The van der Waals surface area contributed by atoms with Crippen LogP contribution in [0.4, 0.5) is 0 Å². The summed E-state index contributed by atoms with van der Waals surface area (Å²) in [4.78, 5) is 17.2. The highest BCUT2D eigenvalue weighted by molar-refractivity contribution is 7.81. The molecule has 0 saturated carbocycles. The van der Waals surface area contributed by atoms with Crippen LogP contribution in [0.15, 0.2) is 0 Å². The summed E-state index contributed by atoms with van der Waals surface area (Å²) < 4.78 is 15.0. The Morgan fingerprint density at radius 3 is 1.52 bits per heavy atom. The minimum Gasteiger partial charge on any atom is -0.303 e. The Labute approximate surface area is 166 Å². The highest BCUT2D eigenvalue weighted by atomic mass is 32.1. The highest BCUT2D eigenvalue weighted by Gasteiger charge is 2.14. The smallest absolute Gasteiger partial charge is 0.303 e. The average Bonchev–Trinajstić information content (AvgIpc) is 2.54. The van der Waals surface area contributed by atoms with E-state index in [1.807, 2.05) is 0 Å². The Morgan fingerprint density at radius 1 is 0.720 bits per heavy atom. The van der Waals surface area contributed by atoms with Crippen LogP contribution in [0, 0.1) is 0 Å². The Kier molecular flexibility index (Phi) is 18.8. The molecule has 7 heteroatoms. The van der Waals surface area contributed by atoms with Crippen LogP contribution >= 0.6 is 33.1 Å². The molecule has 0 amide bonds. The van der Waals surface area contributed by atoms with Crippen molar-refractivity contribution in [1.29, 1.82) is 0 Å². The van der Waals surface area contributed by atoms with Crippen molar-refractivity contribution in [1.82, 2.24) is 0 Å². The summed E-state index contributed by atoms with van der Waals surface area (Å²) in [7, 11) is -4.32. The number of hydrogen-bond acceptors (Lipinski definition) is 4. The van der Waals surface area contributed by atoms with Gasteiger partial charge in [-0.3, -0.25) is 4.52 Å². The molecule has 0 aromatic rings. The Morgan fingerprint density at radius 2 is 1.12 bits per heavy atom. The number of unbranched alkanes of at least 4 members (excludes halogenated alkanes) is 12. The quantitative estimate of drug-likeness (QED) is 0.116. The van der Waals surface area contributed by atoms with Crippen LogP contribution in [-0.2, 0) is 9.09 Å². The maximum Gasteiger partial charge on any atom is 0.469 e. The molecule has 0 aromatic carbocycles. The van der Waals surface area contributed by atoms with Crippen molar-refractivity contribution in [2.75, 3.05) is 12.4 Å². The van der Waals surface area contributed by atoms with E-state index >= 15 is 0 Å². The molecule has 0 saturated heterocycles. The number of phosphoric acid groups is 1. The van der Waals surface area contributed by atoms with Crippen molar-refractivity contribution in [2.24, 2.45) is 0 Å². The Hall–Kier alpha value is 0.810. The van der Waals surface area contributed by atoms with Gasteiger partial charge in [0.2, 0.25) is 0 Å². The third-order valence-electron chi connectivity index (χ3n) is 4.41. The fourth-order valence-electron chi connectivity index (χ4n) is 2.89. The van der Waals surface area contributed by atoms with Gasteiger partial charge in [-0.2, -0.15) is 25.3 Å². The molecule has 0 radical (unpaired) electrons. The predicted molar refractivity (Wildman–Crippen MR) is 114 cm³/mol. The molecule has 0 aliphatic rings. The van der Waals surface area contributed by atoms with Crippen molar-refractivity contribution in [2.45, 2.75) is 102 Å². The van der Waals surface area contributed by atoms with Gasteiger partial charge in [0.05, 0.1) is 6.61 Å². The minimum atomic E-state index is -4.32. The van der Waals surface area contributed by atoms with Crippen LogP contribution in [-0.4, -0.2) is 27.4 Å². The number of thiol groups is 2. The van der Waals surface area contributed by atoms with Crippen LogP contribution in [0.25, 0.3) is 0 Å². The summed E-state index contributed by atoms with van der Waals surface area (Å²) in [5.74, 6) is 1.03. The van der Waals surface area contributed by atoms with Gasteiger partial charge < -0.3 is 9.79 Å². The molecular formula is C18H39O4PS2. The fraction of sp³-hybridized carbons (Fsp3) is 1.00. The van der Waals surface area contributed by atoms with Crippen molar-refractivity contribution in [3.8, 4) is 0 Å². The molecule has 0 bridgehead atoms. The summed E-state index contributed by atoms with van der Waals surface area (Å²) >= 11 is 8.67. The molecule has 4 nitrogen and oxygen atoms in total. The minimum absolute atomic E-state index is 0.0770. The molecule has 0 rings (SSSR count). The van der Waals surface area contributed by atoms with E-state index < -0.39 is 7.82 Å². The largest absolute Gasteiger partial charge is 0.469 e. The van der Waals surface area contributed by atoms with E-state index in [9.17, 15) is 4.57 Å². The summed E-state index contributed by atoms with van der Waals surface area (Å²) in [6.45, 7) is 0.0770. The maximum absolute atomic E-state index is 10.6. The highest BCUT2D eigenvalue weighted by Crippen LogP contribution is 2.36. The zero-order valence-electron chi connectivity index (χ0n) is 15.7. The van der Waals surface area contributed by atoms with Crippen LogP contribution in [0.2, 0.25) is 0 Å². The molecule has 0 fully saturated rings. The number of phosphoric ester groups is 1. The van der Waals surface area contributed by atoms with Gasteiger partial charge in [0.15, 0.2) is 0 Å². The van der Waals surface area contributed by atoms with Crippen LogP contribution < -0.4 is 0 Å². The molecule has 0 aliphatic heterocycles. The molecule has 0 heterocycles. The second-order valence-corrected chi connectivity index (χ2v) is 9.29. The van der Waals surface area contributed by atoms with Gasteiger partial charge in [0, 0.05) is 5.25 Å². The van der Waals surface area contributed by atoms with Crippen molar-refractivity contribution in [3.05, 3.63) is 0 Å². The molecule has 0 spiro atoms. The molecule has 152 valence electrons. The average molecular weight is 415 g/mol. The lowest BCUT2D eigenvalue weighted by Gasteiger charge is -2.11. The van der Waals surface area contributed by atoms with E-state index in [4.69, 9.17) is 9.79 Å². The maximum atomic E-state index is 10.6. The van der Waals surface area contributed by atoms with Crippen molar-refractivity contribution < 1.29 is 18.9 Å². The molecule has 0 aromatic heterocycles. The third kappa shape index (κ3) is 22.8. The fourth-order valence-corrected chi connectivity index (χ4v) is 3.74. The number of rotatable bonds is 19. The summed E-state index contributed by atoms with van der Waals surface area (Å²) in [6.07, 6.45) is 18.8. The first kappa shape index (κ1) is 25.8. The SMILES string of the molecule is O=P(O)(O)OCCC(S)CCCCCCCCCCCCCCCS. The second-order valence-electron chi connectivity index (χ2n) is 6.87. The van der Waals surface area contributed by atoms with E-state index in [0.717, 1.165) is 18.6 Å².